The Kier molecular flexibility index (Phi) is 8.35. The summed E-state index contributed by atoms with van der Waals surface area (Å²) in [6, 6.07) is 3.06. The number of hydrogen-bond acceptors (Lipinski definition) is 4. The molecule has 0 aliphatic carbocycles. The minimum Gasteiger partial charge on any atom is -0.364 e. The van der Waals surface area contributed by atoms with Crippen LogP contribution in [-0.4, -0.2) is 16.5 Å². The van der Waals surface area contributed by atoms with Crippen molar-refractivity contribution in [3.05, 3.63) is 28.4 Å². The predicted molar refractivity (Wildman–Crippen MR) is 82.0 cm³/mol. The molecule has 0 aromatic carbocycles. The van der Waals surface area contributed by atoms with E-state index < -0.39 is 4.92 Å². The van der Waals surface area contributed by atoms with Crippen LogP contribution < -0.4 is 5.32 Å². The Balaban J connectivity index is 2.11. The Hall–Kier alpha value is -1.65. The van der Waals surface area contributed by atoms with Crippen LogP contribution in [0.25, 0.3) is 0 Å². The second kappa shape index (κ2) is 10.2. The number of pyridine rings is 1. The molecule has 0 bridgehead atoms. The van der Waals surface area contributed by atoms with Crippen molar-refractivity contribution in [2.75, 3.05) is 11.9 Å². The summed E-state index contributed by atoms with van der Waals surface area (Å²) < 4.78 is 0. The molecule has 0 unspecified atom stereocenters. The predicted octanol–water partition coefficient (Wildman–Crippen LogP) is 4.54. The Morgan fingerprint density at radius 3 is 2.45 bits per heavy atom. The van der Waals surface area contributed by atoms with Gasteiger partial charge in [-0.3, -0.25) is 10.1 Å². The van der Waals surface area contributed by atoms with Gasteiger partial charge in [-0.25, -0.2) is 4.98 Å². The first-order valence-corrected chi connectivity index (χ1v) is 7.59. The zero-order valence-electron chi connectivity index (χ0n) is 12.3. The van der Waals surface area contributed by atoms with E-state index in [2.05, 4.69) is 17.2 Å². The maximum absolute atomic E-state index is 10.8. The zero-order valence-corrected chi connectivity index (χ0v) is 12.3. The van der Waals surface area contributed by atoms with E-state index in [1.165, 1.54) is 51.0 Å². The van der Waals surface area contributed by atoms with Crippen LogP contribution in [0.4, 0.5) is 11.5 Å². The molecule has 1 rings (SSSR count). The first-order chi connectivity index (χ1) is 9.75. The molecule has 1 heterocycles. The molecule has 0 saturated carbocycles. The average molecular weight is 279 g/mol. The lowest BCUT2D eigenvalue weighted by Gasteiger charge is -2.05. The van der Waals surface area contributed by atoms with Gasteiger partial charge in [0, 0.05) is 18.8 Å². The SMILES string of the molecule is CCCCCCCCCCNc1ncccc1[N+](=O)[O-]. The van der Waals surface area contributed by atoms with Crippen LogP contribution >= 0.6 is 0 Å². The molecule has 0 aliphatic heterocycles. The summed E-state index contributed by atoms with van der Waals surface area (Å²) in [5.41, 5.74) is 0.0482. The molecular weight excluding hydrogens is 254 g/mol. The van der Waals surface area contributed by atoms with Gasteiger partial charge in [0.05, 0.1) is 4.92 Å². The molecular formula is C15H25N3O2. The lowest BCUT2D eigenvalue weighted by atomic mass is 10.1. The summed E-state index contributed by atoms with van der Waals surface area (Å²) in [5, 5.41) is 13.9. The lowest BCUT2D eigenvalue weighted by molar-refractivity contribution is -0.384. The highest BCUT2D eigenvalue weighted by Crippen LogP contribution is 2.20. The van der Waals surface area contributed by atoms with Crippen LogP contribution in [-0.2, 0) is 0 Å². The number of anilines is 1. The van der Waals surface area contributed by atoms with Crippen LogP contribution in [0.15, 0.2) is 18.3 Å². The Bertz CT molecular complexity index is 396. The monoisotopic (exact) mass is 279 g/mol. The third-order valence-corrected chi connectivity index (χ3v) is 3.31. The van der Waals surface area contributed by atoms with Crippen molar-refractivity contribution in [1.29, 1.82) is 0 Å². The van der Waals surface area contributed by atoms with Gasteiger partial charge in [0.15, 0.2) is 0 Å². The first kappa shape index (κ1) is 16.4. The average Bonchev–Trinajstić information content (AvgIpc) is 2.46. The van der Waals surface area contributed by atoms with Gasteiger partial charge in [-0.15, -0.1) is 0 Å². The number of aromatic nitrogens is 1. The molecule has 0 radical (unpaired) electrons. The standard InChI is InChI=1S/C15H25N3O2/c1-2-3-4-5-6-7-8-9-12-16-15-14(18(19)20)11-10-13-17-15/h10-11,13H,2-9,12H2,1H3,(H,16,17). The molecule has 1 aromatic rings. The fourth-order valence-electron chi connectivity index (χ4n) is 2.15. The third-order valence-electron chi connectivity index (χ3n) is 3.31. The molecule has 0 aliphatic rings. The number of nitro groups is 1. The zero-order chi connectivity index (χ0) is 14.6. The van der Waals surface area contributed by atoms with E-state index in [9.17, 15) is 10.1 Å². The summed E-state index contributed by atoms with van der Waals surface area (Å²) >= 11 is 0. The van der Waals surface area contributed by atoms with Crippen LogP contribution in [0.3, 0.4) is 0 Å². The van der Waals surface area contributed by atoms with Gasteiger partial charge in [-0.2, -0.15) is 0 Å². The number of nitrogens with zero attached hydrogens (tertiary/aromatic N) is 2. The van der Waals surface area contributed by atoms with Gasteiger partial charge in [0.1, 0.15) is 0 Å². The van der Waals surface area contributed by atoms with Crippen molar-refractivity contribution in [3.8, 4) is 0 Å². The van der Waals surface area contributed by atoms with E-state index in [0.29, 0.717) is 5.82 Å². The maximum Gasteiger partial charge on any atom is 0.311 e. The second-order valence-electron chi connectivity index (χ2n) is 5.03. The van der Waals surface area contributed by atoms with Crippen molar-refractivity contribution in [1.82, 2.24) is 4.98 Å². The quantitative estimate of drug-likeness (QED) is 0.367. The number of unbranched alkanes of at least 4 members (excludes halogenated alkanes) is 7. The molecule has 0 saturated heterocycles. The first-order valence-electron chi connectivity index (χ1n) is 7.59. The largest absolute Gasteiger partial charge is 0.364 e. The van der Waals surface area contributed by atoms with E-state index in [1.54, 1.807) is 12.3 Å². The van der Waals surface area contributed by atoms with E-state index in [-0.39, 0.29) is 5.69 Å². The van der Waals surface area contributed by atoms with Crippen molar-refractivity contribution < 1.29 is 4.92 Å². The molecule has 112 valence electrons. The summed E-state index contributed by atoms with van der Waals surface area (Å²) in [7, 11) is 0. The molecule has 1 aromatic heterocycles. The van der Waals surface area contributed by atoms with Crippen molar-refractivity contribution in [2.24, 2.45) is 0 Å². The van der Waals surface area contributed by atoms with Crippen LogP contribution in [0.5, 0.6) is 0 Å². The summed E-state index contributed by atoms with van der Waals surface area (Å²) in [6.45, 7) is 2.97. The minimum absolute atomic E-state index is 0.0482. The summed E-state index contributed by atoms with van der Waals surface area (Å²) in [5.74, 6) is 0.375. The summed E-state index contributed by atoms with van der Waals surface area (Å²) in [6.07, 6.45) is 11.6. The highest BCUT2D eigenvalue weighted by Gasteiger charge is 2.12. The molecule has 0 fully saturated rings. The van der Waals surface area contributed by atoms with Crippen molar-refractivity contribution in [3.63, 3.8) is 0 Å². The van der Waals surface area contributed by atoms with Crippen LogP contribution in [0, 0.1) is 10.1 Å². The van der Waals surface area contributed by atoms with Gasteiger partial charge in [0.2, 0.25) is 5.82 Å². The van der Waals surface area contributed by atoms with Gasteiger partial charge in [-0.05, 0) is 12.5 Å². The molecule has 0 amide bonds. The van der Waals surface area contributed by atoms with Gasteiger partial charge < -0.3 is 5.32 Å². The Labute approximate surface area is 121 Å². The van der Waals surface area contributed by atoms with Gasteiger partial charge in [-0.1, -0.05) is 51.9 Å². The second-order valence-corrected chi connectivity index (χ2v) is 5.03. The summed E-state index contributed by atoms with van der Waals surface area (Å²) in [4.78, 5) is 14.4. The number of nitrogens with one attached hydrogen (secondary N) is 1. The Morgan fingerprint density at radius 2 is 1.80 bits per heavy atom. The van der Waals surface area contributed by atoms with Crippen LogP contribution in [0.2, 0.25) is 0 Å². The highest BCUT2D eigenvalue weighted by molar-refractivity contribution is 5.54. The van der Waals surface area contributed by atoms with E-state index in [0.717, 1.165) is 13.0 Å². The van der Waals surface area contributed by atoms with Gasteiger partial charge >= 0.3 is 5.69 Å². The third kappa shape index (κ3) is 6.50. The minimum atomic E-state index is -0.400. The molecule has 5 nitrogen and oxygen atoms in total. The maximum atomic E-state index is 10.8. The van der Waals surface area contributed by atoms with Crippen molar-refractivity contribution in [2.45, 2.75) is 58.3 Å². The molecule has 0 atom stereocenters. The Morgan fingerprint density at radius 1 is 1.15 bits per heavy atom. The fraction of sp³-hybridized carbons (Fsp3) is 0.667. The molecule has 1 N–H and O–H groups in total. The molecule has 0 spiro atoms. The smallest absolute Gasteiger partial charge is 0.311 e. The fourth-order valence-corrected chi connectivity index (χ4v) is 2.15. The lowest BCUT2D eigenvalue weighted by Crippen LogP contribution is -2.05. The normalized spacial score (nSPS) is 10.4. The topological polar surface area (TPSA) is 68.1 Å². The van der Waals surface area contributed by atoms with Crippen LogP contribution in [0.1, 0.15) is 58.3 Å². The molecule has 5 heteroatoms. The molecule has 20 heavy (non-hydrogen) atoms. The van der Waals surface area contributed by atoms with E-state index in [1.807, 2.05) is 0 Å². The number of rotatable bonds is 11. The highest BCUT2D eigenvalue weighted by atomic mass is 16.6. The van der Waals surface area contributed by atoms with E-state index in [4.69, 9.17) is 0 Å². The number of hydrogen-bond donors (Lipinski definition) is 1. The van der Waals surface area contributed by atoms with E-state index >= 15 is 0 Å². The van der Waals surface area contributed by atoms with Crippen molar-refractivity contribution >= 4 is 11.5 Å². The van der Waals surface area contributed by atoms with Gasteiger partial charge in [0.25, 0.3) is 0 Å².